The van der Waals surface area contributed by atoms with E-state index in [-0.39, 0.29) is 5.76 Å². The van der Waals surface area contributed by atoms with Crippen LogP contribution in [0.15, 0.2) is 14.7 Å². The molecule has 2 heterocycles. The monoisotopic (exact) mass is 298 g/mol. The molecule has 0 aliphatic heterocycles. The molecule has 0 fully saturated rings. The maximum Gasteiger partial charge on any atom is 0.301 e. The van der Waals surface area contributed by atoms with Gasteiger partial charge >= 0.3 is 5.91 Å². The number of nitrogens with zero attached hydrogens (tertiary/aromatic N) is 1. The second-order valence-electron chi connectivity index (χ2n) is 3.91. The van der Waals surface area contributed by atoms with Gasteiger partial charge < -0.3 is 10.2 Å². The number of hydrogen-bond acceptors (Lipinski definition) is 7. The molecule has 0 aromatic carbocycles. The van der Waals surface area contributed by atoms with E-state index >= 15 is 0 Å². The van der Waals surface area contributed by atoms with Crippen molar-refractivity contribution in [1.29, 1.82) is 0 Å². The number of amides is 1. The Bertz CT molecular complexity index is 606. The highest BCUT2D eigenvalue weighted by atomic mass is 32.2. The topological polar surface area (TPSA) is 107 Å². The molecule has 0 radical (unpaired) electrons. The summed E-state index contributed by atoms with van der Waals surface area (Å²) in [6, 6.07) is 1.83. The second-order valence-corrected chi connectivity index (χ2v) is 6.19. The molecule has 2 aromatic heterocycles. The number of carbonyl (C=O) groups excluding carboxylic acids is 1. The molecule has 0 spiro atoms. The summed E-state index contributed by atoms with van der Waals surface area (Å²) in [5.74, 6) is 6.24. The Hall–Kier alpha value is -1.51. The van der Waals surface area contributed by atoms with Gasteiger partial charge in [0, 0.05) is 5.56 Å². The number of thiazole rings is 1. The number of hydrogen-bond donors (Lipinski definition) is 3. The Kier molecular flexibility index (Phi) is 4.13. The first kappa shape index (κ1) is 13.9. The summed E-state index contributed by atoms with van der Waals surface area (Å²) >= 11 is 3.03. The van der Waals surface area contributed by atoms with Crippen LogP contribution in [-0.2, 0) is 5.75 Å². The number of hydrazine groups is 1. The number of nitrogens with one attached hydrogen (secondary N) is 1. The molecule has 0 unspecified atom stereocenters. The predicted molar refractivity (Wildman–Crippen MR) is 75.9 cm³/mol. The zero-order chi connectivity index (χ0) is 14.0. The van der Waals surface area contributed by atoms with E-state index in [2.05, 4.69) is 10.4 Å². The summed E-state index contributed by atoms with van der Waals surface area (Å²) in [6.07, 6.45) is 0. The van der Waals surface area contributed by atoms with Gasteiger partial charge in [0.15, 0.2) is 10.9 Å². The van der Waals surface area contributed by atoms with Crippen molar-refractivity contribution in [3.8, 4) is 0 Å². The molecule has 1 amide bonds. The van der Waals surface area contributed by atoms with Gasteiger partial charge in [-0.3, -0.25) is 10.2 Å². The molecule has 0 aliphatic carbocycles. The standard InChI is InChI=1S/C11H14N4O2S2/c1-5-3-7(17-8(5)9(16)15-13)4-18-10-6(2)14-11(12)19-10/h3H,4,13H2,1-2H3,(H2,12,14)(H,15,16). The molecule has 0 aliphatic rings. The lowest BCUT2D eigenvalue weighted by Gasteiger charge is -1.97. The third-order valence-corrected chi connectivity index (χ3v) is 4.79. The lowest BCUT2D eigenvalue weighted by molar-refractivity contribution is 0.0923. The van der Waals surface area contributed by atoms with Crippen molar-refractivity contribution in [2.75, 3.05) is 5.73 Å². The van der Waals surface area contributed by atoms with E-state index in [1.807, 2.05) is 13.0 Å². The smallest absolute Gasteiger partial charge is 0.301 e. The summed E-state index contributed by atoms with van der Waals surface area (Å²) in [7, 11) is 0. The Morgan fingerprint density at radius 3 is 2.89 bits per heavy atom. The lowest BCUT2D eigenvalue weighted by atomic mass is 10.2. The molecule has 2 aromatic rings. The fourth-order valence-corrected chi connectivity index (χ4v) is 3.49. The fraction of sp³-hybridized carbons (Fsp3) is 0.273. The molecular weight excluding hydrogens is 284 g/mol. The van der Waals surface area contributed by atoms with Crippen LogP contribution in [0.5, 0.6) is 0 Å². The van der Waals surface area contributed by atoms with Crippen molar-refractivity contribution in [3.63, 3.8) is 0 Å². The normalized spacial score (nSPS) is 10.7. The third kappa shape index (κ3) is 3.09. The van der Waals surface area contributed by atoms with Gasteiger partial charge in [-0.1, -0.05) is 11.3 Å². The zero-order valence-corrected chi connectivity index (χ0v) is 12.2. The van der Waals surface area contributed by atoms with E-state index in [0.29, 0.717) is 16.6 Å². The summed E-state index contributed by atoms with van der Waals surface area (Å²) in [6.45, 7) is 3.72. The molecule has 6 nitrogen and oxygen atoms in total. The highest BCUT2D eigenvalue weighted by Gasteiger charge is 2.15. The van der Waals surface area contributed by atoms with Crippen molar-refractivity contribution >= 4 is 34.1 Å². The average Bonchev–Trinajstić information content (AvgIpc) is 2.88. The van der Waals surface area contributed by atoms with Gasteiger partial charge in [-0.2, -0.15) is 0 Å². The number of aromatic nitrogens is 1. The highest BCUT2D eigenvalue weighted by Crippen LogP contribution is 2.33. The third-order valence-electron chi connectivity index (χ3n) is 2.42. The quantitative estimate of drug-likeness (QED) is 0.344. The van der Waals surface area contributed by atoms with E-state index < -0.39 is 5.91 Å². The lowest BCUT2D eigenvalue weighted by Crippen LogP contribution is -2.30. The minimum atomic E-state index is -0.424. The van der Waals surface area contributed by atoms with Gasteiger partial charge in [0.2, 0.25) is 0 Å². The Balaban J connectivity index is 2.08. The van der Waals surface area contributed by atoms with Crippen LogP contribution in [0.3, 0.4) is 0 Å². The number of anilines is 1. The minimum Gasteiger partial charge on any atom is -0.455 e. The van der Waals surface area contributed by atoms with E-state index in [9.17, 15) is 4.79 Å². The number of nitrogen functional groups attached to an aromatic ring is 2. The summed E-state index contributed by atoms with van der Waals surface area (Å²) < 4.78 is 6.53. The Morgan fingerprint density at radius 2 is 2.32 bits per heavy atom. The molecule has 0 bridgehead atoms. The maximum absolute atomic E-state index is 11.4. The highest BCUT2D eigenvalue weighted by molar-refractivity contribution is 8.00. The van der Waals surface area contributed by atoms with E-state index in [0.717, 1.165) is 15.5 Å². The molecule has 5 N–H and O–H groups in total. The first-order valence-corrected chi connectivity index (χ1v) is 7.27. The molecule has 0 atom stereocenters. The van der Waals surface area contributed by atoms with E-state index in [1.165, 1.54) is 11.3 Å². The largest absolute Gasteiger partial charge is 0.455 e. The van der Waals surface area contributed by atoms with Gasteiger partial charge in [0.05, 0.1) is 15.7 Å². The van der Waals surface area contributed by atoms with Crippen LogP contribution in [0, 0.1) is 13.8 Å². The van der Waals surface area contributed by atoms with Gasteiger partial charge in [0.25, 0.3) is 0 Å². The van der Waals surface area contributed by atoms with Crippen LogP contribution in [0.1, 0.15) is 27.6 Å². The summed E-state index contributed by atoms with van der Waals surface area (Å²) in [4.78, 5) is 15.6. The van der Waals surface area contributed by atoms with Gasteiger partial charge in [-0.25, -0.2) is 10.8 Å². The molecular formula is C11H14N4O2S2. The van der Waals surface area contributed by atoms with Crippen molar-refractivity contribution in [1.82, 2.24) is 10.4 Å². The van der Waals surface area contributed by atoms with Crippen molar-refractivity contribution in [2.45, 2.75) is 23.8 Å². The number of aryl methyl sites for hydroxylation is 2. The number of thioether (sulfide) groups is 1. The summed E-state index contributed by atoms with van der Waals surface area (Å²) in [5.41, 5.74) is 9.37. The SMILES string of the molecule is Cc1cc(CSc2sc(N)nc2C)oc1C(=O)NN. The first-order valence-electron chi connectivity index (χ1n) is 5.47. The van der Waals surface area contributed by atoms with Gasteiger partial charge in [0.1, 0.15) is 5.76 Å². The minimum absolute atomic E-state index is 0.249. The summed E-state index contributed by atoms with van der Waals surface area (Å²) in [5, 5.41) is 0.554. The van der Waals surface area contributed by atoms with Crippen LogP contribution in [0.25, 0.3) is 0 Å². The van der Waals surface area contributed by atoms with Crippen molar-refractivity contribution < 1.29 is 9.21 Å². The Labute approximate surface area is 118 Å². The fourth-order valence-electron chi connectivity index (χ4n) is 1.58. The predicted octanol–water partition coefficient (Wildman–Crippen LogP) is 1.83. The number of carbonyl (C=O) groups is 1. The maximum atomic E-state index is 11.4. The Morgan fingerprint density at radius 1 is 1.58 bits per heavy atom. The van der Waals surface area contributed by atoms with Crippen LogP contribution >= 0.6 is 23.1 Å². The number of nitrogens with two attached hydrogens (primary N) is 2. The van der Waals surface area contributed by atoms with E-state index in [1.54, 1.807) is 18.7 Å². The molecule has 0 saturated heterocycles. The molecule has 0 saturated carbocycles. The molecule has 2 rings (SSSR count). The first-order chi connectivity index (χ1) is 9.01. The van der Waals surface area contributed by atoms with Crippen LogP contribution in [0.2, 0.25) is 0 Å². The van der Waals surface area contributed by atoms with Crippen LogP contribution in [-0.4, -0.2) is 10.9 Å². The zero-order valence-electron chi connectivity index (χ0n) is 10.5. The molecule has 19 heavy (non-hydrogen) atoms. The average molecular weight is 298 g/mol. The molecule has 8 heteroatoms. The number of rotatable bonds is 4. The van der Waals surface area contributed by atoms with Crippen LogP contribution in [0.4, 0.5) is 5.13 Å². The van der Waals surface area contributed by atoms with E-state index in [4.69, 9.17) is 16.0 Å². The van der Waals surface area contributed by atoms with Gasteiger partial charge in [-0.15, -0.1) is 11.8 Å². The van der Waals surface area contributed by atoms with Crippen molar-refractivity contribution in [3.05, 3.63) is 28.8 Å². The molecule has 102 valence electrons. The van der Waals surface area contributed by atoms with Gasteiger partial charge in [-0.05, 0) is 19.9 Å². The van der Waals surface area contributed by atoms with Crippen LogP contribution < -0.4 is 17.0 Å². The number of furan rings is 1. The second kappa shape index (κ2) is 5.64. The van der Waals surface area contributed by atoms with Crippen molar-refractivity contribution in [2.24, 2.45) is 5.84 Å².